The van der Waals surface area contributed by atoms with Gasteiger partial charge in [-0.3, -0.25) is 0 Å². The molecular weight excluding hydrogens is 360 g/mol. The third-order valence-corrected chi connectivity index (χ3v) is 7.19. The number of hydrogen-bond acceptors (Lipinski definition) is 3. The van der Waals surface area contributed by atoms with Crippen LogP contribution in [0.1, 0.15) is 31.0 Å². The topological polar surface area (TPSA) is 66.5 Å². The highest BCUT2D eigenvalue weighted by molar-refractivity contribution is 7.92. The highest BCUT2D eigenvalue weighted by Gasteiger charge is 2.40. The average molecular weight is 387 g/mol. The zero-order valence-electron chi connectivity index (χ0n) is 15.7. The molecule has 1 heterocycles. The van der Waals surface area contributed by atoms with Crippen molar-refractivity contribution >= 4 is 15.9 Å². The van der Waals surface area contributed by atoms with Crippen LogP contribution in [0.2, 0.25) is 0 Å². The van der Waals surface area contributed by atoms with Crippen LogP contribution in [0.3, 0.4) is 0 Å². The second-order valence-electron chi connectivity index (χ2n) is 7.45. The molecule has 0 aromatic heterocycles. The highest BCUT2D eigenvalue weighted by atomic mass is 32.2. The van der Waals surface area contributed by atoms with Crippen LogP contribution in [-0.2, 0) is 9.84 Å². The molecule has 1 N–H and O–H groups in total. The van der Waals surface area contributed by atoms with Crippen LogP contribution in [0.25, 0.3) is 0 Å². The zero-order valence-corrected chi connectivity index (χ0v) is 16.5. The van der Waals surface area contributed by atoms with Crippen molar-refractivity contribution in [2.75, 3.05) is 18.8 Å². The molecule has 1 aliphatic rings. The fourth-order valence-corrected chi connectivity index (χ4v) is 5.31. The van der Waals surface area contributed by atoms with E-state index < -0.39 is 15.1 Å². The van der Waals surface area contributed by atoms with Gasteiger partial charge in [0.2, 0.25) is 0 Å². The number of amides is 2. The first-order valence-corrected chi connectivity index (χ1v) is 11.0. The number of hydrogen-bond donors (Lipinski definition) is 1. The predicted octanol–water partition coefficient (Wildman–Crippen LogP) is 3.24. The number of carbonyl (C=O) groups is 1. The maximum absolute atomic E-state index is 12.7. The van der Waals surface area contributed by atoms with Gasteiger partial charge >= 0.3 is 6.03 Å². The van der Waals surface area contributed by atoms with E-state index in [0.29, 0.717) is 0 Å². The van der Waals surface area contributed by atoms with Crippen molar-refractivity contribution in [3.63, 3.8) is 0 Å². The van der Waals surface area contributed by atoms with E-state index in [1.54, 1.807) is 4.90 Å². The molecule has 0 saturated carbocycles. The number of sulfone groups is 1. The van der Waals surface area contributed by atoms with E-state index in [9.17, 15) is 13.2 Å². The fourth-order valence-electron chi connectivity index (χ4n) is 3.30. The quantitative estimate of drug-likeness (QED) is 0.829. The molecule has 2 amide bonds. The van der Waals surface area contributed by atoms with Crippen molar-refractivity contribution in [3.8, 4) is 0 Å². The molecule has 0 aliphatic carbocycles. The van der Waals surface area contributed by atoms with Gasteiger partial charge < -0.3 is 10.2 Å². The van der Waals surface area contributed by atoms with E-state index in [0.717, 1.165) is 11.1 Å². The molecular formula is C21H26N2O3S. The summed E-state index contributed by atoms with van der Waals surface area (Å²) in [7, 11) is -3.14. The Morgan fingerprint density at radius 1 is 1.00 bits per heavy atom. The van der Waals surface area contributed by atoms with E-state index in [-0.39, 0.29) is 36.8 Å². The largest absolute Gasteiger partial charge is 0.327 e. The lowest BCUT2D eigenvalue weighted by molar-refractivity contribution is 0.167. The van der Waals surface area contributed by atoms with Crippen molar-refractivity contribution < 1.29 is 13.2 Å². The number of nitrogens with one attached hydrogen (secondary N) is 1. The van der Waals surface area contributed by atoms with Gasteiger partial charge in [0.15, 0.2) is 9.84 Å². The molecule has 27 heavy (non-hydrogen) atoms. The number of rotatable bonds is 6. The summed E-state index contributed by atoms with van der Waals surface area (Å²) in [6.45, 7) is 4.31. The molecule has 5 nitrogen and oxygen atoms in total. The molecule has 1 aliphatic heterocycles. The van der Waals surface area contributed by atoms with Crippen molar-refractivity contribution in [3.05, 3.63) is 71.8 Å². The van der Waals surface area contributed by atoms with Crippen LogP contribution in [-0.4, -0.2) is 43.4 Å². The van der Waals surface area contributed by atoms with E-state index in [1.807, 2.05) is 74.5 Å². The van der Waals surface area contributed by atoms with E-state index in [1.165, 1.54) is 0 Å². The Labute approximate surface area is 161 Å². The molecule has 0 radical (unpaired) electrons. The Balaban J connectivity index is 1.68. The lowest BCUT2D eigenvalue weighted by atomic mass is 9.99. The maximum atomic E-state index is 12.7. The third kappa shape index (κ3) is 4.69. The van der Waals surface area contributed by atoms with Gasteiger partial charge in [-0.2, -0.15) is 0 Å². The summed E-state index contributed by atoms with van der Waals surface area (Å²) in [5.41, 5.74) is 1.98. The van der Waals surface area contributed by atoms with Crippen LogP contribution in [0.4, 0.5) is 4.79 Å². The van der Waals surface area contributed by atoms with Gasteiger partial charge in [-0.05, 0) is 17.0 Å². The fraction of sp³-hybridized carbons (Fsp3) is 0.381. The molecule has 144 valence electrons. The van der Waals surface area contributed by atoms with Gasteiger partial charge in [-0.25, -0.2) is 13.2 Å². The first-order valence-electron chi connectivity index (χ1n) is 9.23. The SMILES string of the molecule is CC(C)CS(=O)(=O)C1CN(C(=O)NC(c2ccccc2)c2ccccc2)C1. The van der Waals surface area contributed by atoms with E-state index in [2.05, 4.69) is 5.32 Å². The number of benzene rings is 2. The van der Waals surface area contributed by atoms with Gasteiger partial charge in [-0.15, -0.1) is 0 Å². The third-order valence-electron chi connectivity index (χ3n) is 4.74. The summed E-state index contributed by atoms with van der Waals surface area (Å²) in [5, 5.41) is 2.61. The second kappa shape index (κ2) is 8.13. The Hall–Kier alpha value is -2.34. The summed E-state index contributed by atoms with van der Waals surface area (Å²) >= 11 is 0. The van der Waals surface area contributed by atoms with Crippen molar-refractivity contribution in [2.24, 2.45) is 5.92 Å². The summed E-state index contributed by atoms with van der Waals surface area (Å²) in [6.07, 6.45) is 0. The first-order chi connectivity index (χ1) is 12.9. The summed E-state index contributed by atoms with van der Waals surface area (Å²) in [5.74, 6) is 0.266. The second-order valence-corrected chi connectivity index (χ2v) is 9.78. The number of carbonyl (C=O) groups excluding carboxylic acids is 1. The molecule has 1 saturated heterocycles. The average Bonchev–Trinajstić information content (AvgIpc) is 2.58. The van der Waals surface area contributed by atoms with Crippen LogP contribution in [0.15, 0.2) is 60.7 Å². The normalized spacial score (nSPS) is 15.0. The van der Waals surface area contributed by atoms with Crippen molar-refractivity contribution in [2.45, 2.75) is 25.1 Å². The van der Waals surface area contributed by atoms with Gasteiger partial charge in [0.1, 0.15) is 0 Å². The Morgan fingerprint density at radius 3 is 1.93 bits per heavy atom. The minimum absolute atomic E-state index is 0.0958. The molecule has 2 aromatic carbocycles. The van der Waals surface area contributed by atoms with E-state index in [4.69, 9.17) is 0 Å². The molecule has 0 bridgehead atoms. The zero-order chi connectivity index (χ0) is 19.4. The molecule has 0 unspecified atom stereocenters. The van der Waals surface area contributed by atoms with Gasteiger partial charge in [-0.1, -0.05) is 74.5 Å². The standard InChI is InChI=1S/C21H26N2O3S/c1-16(2)15-27(25,26)19-13-23(14-19)21(24)22-20(17-9-5-3-6-10-17)18-11-7-4-8-12-18/h3-12,16,19-20H,13-15H2,1-2H3,(H,22,24). The first kappa shape index (κ1) is 19.4. The molecule has 6 heteroatoms. The summed E-state index contributed by atoms with van der Waals surface area (Å²) in [6, 6.07) is 19.0. The monoisotopic (exact) mass is 386 g/mol. The molecule has 0 spiro atoms. The van der Waals surface area contributed by atoms with Gasteiger partial charge in [0, 0.05) is 13.1 Å². The molecule has 0 atom stereocenters. The van der Waals surface area contributed by atoms with Crippen molar-refractivity contribution in [1.82, 2.24) is 10.2 Å². The van der Waals surface area contributed by atoms with Crippen LogP contribution in [0.5, 0.6) is 0 Å². The smallest absolute Gasteiger partial charge is 0.318 e. The Kier molecular flexibility index (Phi) is 5.85. The van der Waals surface area contributed by atoms with Gasteiger partial charge in [0.25, 0.3) is 0 Å². The van der Waals surface area contributed by atoms with Crippen molar-refractivity contribution in [1.29, 1.82) is 0 Å². The molecule has 2 aromatic rings. The lowest BCUT2D eigenvalue weighted by Crippen LogP contribution is -2.60. The van der Waals surface area contributed by atoms with Crippen LogP contribution in [0, 0.1) is 5.92 Å². The highest BCUT2D eigenvalue weighted by Crippen LogP contribution is 2.24. The molecule has 1 fully saturated rings. The summed E-state index contributed by atoms with van der Waals surface area (Å²) in [4.78, 5) is 14.3. The maximum Gasteiger partial charge on any atom is 0.318 e. The number of likely N-dealkylation sites (tertiary alicyclic amines) is 1. The summed E-state index contributed by atoms with van der Waals surface area (Å²) < 4.78 is 24.6. The van der Waals surface area contributed by atoms with E-state index >= 15 is 0 Å². The van der Waals surface area contributed by atoms with Gasteiger partial charge in [0.05, 0.1) is 17.0 Å². The van der Waals surface area contributed by atoms with Crippen LogP contribution >= 0.6 is 0 Å². The Morgan fingerprint density at radius 2 is 1.48 bits per heavy atom. The predicted molar refractivity (Wildman–Crippen MR) is 107 cm³/mol. The van der Waals surface area contributed by atoms with Crippen LogP contribution < -0.4 is 5.32 Å². The molecule has 3 rings (SSSR count). The number of nitrogens with zero attached hydrogens (tertiary/aromatic N) is 1. The minimum Gasteiger partial charge on any atom is -0.327 e. The minimum atomic E-state index is -3.14. The number of urea groups is 1. The lowest BCUT2D eigenvalue weighted by Gasteiger charge is -2.39. The Bertz CT molecular complexity index is 821.